The number of nitrogens with two attached hydrogens (primary N) is 1. The zero-order valence-electron chi connectivity index (χ0n) is 11.1. The van der Waals surface area contributed by atoms with Gasteiger partial charge >= 0.3 is 0 Å². The molecule has 0 aromatic carbocycles. The second kappa shape index (κ2) is 4.92. The minimum absolute atomic E-state index is 0.00533. The molecule has 104 valence electrons. The van der Waals surface area contributed by atoms with E-state index in [1.807, 2.05) is 0 Å². The average Bonchev–Trinajstić information content (AvgIpc) is 3.05. The van der Waals surface area contributed by atoms with Crippen molar-refractivity contribution in [3.05, 3.63) is 11.7 Å². The second-order valence-corrected chi connectivity index (χ2v) is 5.71. The van der Waals surface area contributed by atoms with Gasteiger partial charge < -0.3 is 15.6 Å². The average molecular weight is 264 g/mol. The molecule has 3 rings (SSSR count). The lowest BCUT2D eigenvalue weighted by molar-refractivity contribution is -0.127. The molecule has 6 heteroatoms. The van der Waals surface area contributed by atoms with Gasteiger partial charge in [-0.2, -0.15) is 4.98 Å². The topological polar surface area (TPSA) is 94.0 Å². The van der Waals surface area contributed by atoms with Crippen LogP contribution in [0.15, 0.2) is 4.52 Å². The number of carbonyl (C=O) groups excluding carboxylic acids is 1. The van der Waals surface area contributed by atoms with E-state index in [1.54, 1.807) is 6.92 Å². The molecule has 2 fully saturated rings. The summed E-state index contributed by atoms with van der Waals surface area (Å²) in [7, 11) is 0. The second-order valence-electron chi connectivity index (χ2n) is 5.71. The van der Waals surface area contributed by atoms with E-state index in [1.165, 1.54) is 6.42 Å². The van der Waals surface area contributed by atoms with E-state index >= 15 is 0 Å². The van der Waals surface area contributed by atoms with E-state index in [2.05, 4.69) is 15.5 Å². The summed E-state index contributed by atoms with van der Waals surface area (Å²) >= 11 is 0. The summed E-state index contributed by atoms with van der Waals surface area (Å²) in [6, 6.07) is 0.0474. The molecule has 1 heterocycles. The Morgan fingerprint density at radius 3 is 2.89 bits per heavy atom. The molecule has 2 bridgehead atoms. The Morgan fingerprint density at radius 2 is 2.26 bits per heavy atom. The van der Waals surface area contributed by atoms with Crippen LogP contribution in [-0.2, 0) is 11.2 Å². The molecule has 1 aromatic rings. The Morgan fingerprint density at radius 1 is 1.47 bits per heavy atom. The van der Waals surface area contributed by atoms with Crippen LogP contribution in [0.5, 0.6) is 0 Å². The van der Waals surface area contributed by atoms with E-state index in [4.69, 9.17) is 10.3 Å². The molecule has 0 aliphatic heterocycles. The van der Waals surface area contributed by atoms with Crippen molar-refractivity contribution in [3.63, 3.8) is 0 Å². The van der Waals surface area contributed by atoms with Crippen LogP contribution in [0.4, 0.5) is 0 Å². The maximum atomic E-state index is 12.2. The largest absolute Gasteiger partial charge is 0.355 e. The molecule has 6 nitrogen and oxygen atoms in total. The molecule has 1 aromatic heterocycles. The number of fused-ring (bicyclic) bond motifs is 2. The standard InChI is InChI=1S/C13H20N4O2/c1-7-16-10(17-19-7)4-5-15-13(18)11-8-2-3-9(6-8)12(11)14/h8-9,11-12H,2-6,14H2,1H3,(H,15,18). The van der Waals surface area contributed by atoms with Gasteiger partial charge in [-0.3, -0.25) is 4.79 Å². The quantitative estimate of drug-likeness (QED) is 0.821. The van der Waals surface area contributed by atoms with Crippen LogP contribution >= 0.6 is 0 Å². The SMILES string of the molecule is Cc1nc(CCNC(=O)C2C3CCC(C3)C2N)no1. The van der Waals surface area contributed by atoms with Crippen molar-refractivity contribution >= 4 is 5.91 Å². The lowest BCUT2D eigenvalue weighted by atomic mass is 9.84. The van der Waals surface area contributed by atoms with Gasteiger partial charge in [0.1, 0.15) is 0 Å². The number of amides is 1. The van der Waals surface area contributed by atoms with Crippen molar-refractivity contribution in [1.29, 1.82) is 0 Å². The summed E-state index contributed by atoms with van der Waals surface area (Å²) < 4.78 is 4.89. The number of nitrogens with one attached hydrogen (secondary N) is 1. The monoisotopic (exact) mass is 264 g/mol. The van der Waals surface area contributed by atoms with Gasteiger partial charge in [-0.25, -0.2) is 0 Å². The molecule has 19 heavy (non-hydrogen) atoms. The fourth-order valence-electron chi connectivity index (χ4n) is 3.58. The highest BCUT2D eigenvalue weighted by Crippen LogP contribution is 2.47. The summed E-state index contributed by atoms with van der Waals surface area (Å²) in [6.45, 7) is 2.29. The fraction of sp³-hybridized carbons (Fsp3) is 0.769. The highest BCUT2D eigenvalue weighted by Gasteiger charge is 2.48. The van der Waals surface area contributed by atoms with E-state index in [0.717, 1.165) is 12.8 Å². The molecule has 3 N–H and O–H groups in total. The lowest BCUT2D eigenvalue weighted by Crippen LogP contribution is -2.45. The lowest BCUT2D eigenvalue weighted by Gasteiger charge is -2.26. The van der Waals surface area contributed by atoms with Gasteiger partial charge in [-0.05, 0) is 31.1 Å². The number of aromatic nitrogens is 2. The fourth-order valence-corrected chi connectivity index (χ4v) is 3.58. The molecular weight excluding hydrogens is 244 g/mol. The highest BCUT2D eigenvalue weighted by molar-refractivity contribution is 5.80. The maximum Gasteiger partial charge on any atom is 0.224 e. The van der Waals surface area contributed by atoms with Gasteiger partial charge in [0.15, 0.2) is 5.82 Å². The number of rotatable bonds is 4. The van der Waals surface area contributed by atoms with Crippen LogP contribution < -0.4 is 11.1 Å². The Bertz CT molecular complexity index is 471. The van der Waals surface area contributed by atoms with Crippen molar-refractivity contribution in [1.82, 2.24) is 15.5 Å². The first-order valence-electron chi connectivity index (χ1n) is 6.97. The molecule has 1 amide bonds. The molecular formula is C13H20N4O2. The Kier molecular flexibility index (Phi) is 3.26. The summed E-state index contributed by atoms with van der Waals surface area (Å²) in [6.07, 6.45) is 4.07. The van der Waals surface area contributed by atoms with Crippen molar-refractivity contribution in [2.75, 3.05) is 6.54 Å². The van der Waals surface area contributed by atoms with Crippen molar-refractivity contribution in [2.45, 2.75) is 38.6 Å². The smallest absolute Gasteiger partial charge is 0.224 e. The Hall–Kier alpha value is -1.43. The van der Waals surface area contributed by atoms with Crippen molar-refractivity contribution < 1.29 is 9.32 Å². The number of hydrogen-bond donors (Lipinski definition) is 2. The Labute approximate surface area is 112 Å². The van der Waals surface area contributed by atoms with Crippen LogP contribution in [-0.4, -0.2) is 28.6 Å². The third-order valence-electron chi connectivity index (χ3n) is 4.50. The molecule has 0 radical (unpaired) electrons. The number of carbonyl (C=O) groups is 1. The predicted octanol–water partition coefficient (Wildman–Crippen LogP) is 0.410. The van der Waals surface area contributed by atoms with Crippen LogP contribution in [0.3, 0.4) is 0 Å². The number of nitrogens with zero attached hydrogens (tertiary/aromatic N) is 2. The van der Waals surface area contributed by atoms with E-state index in [0.29, 0.717) is 36.5 Å². The molecule has 0 spiro atoms. The predicted molar refractivity (Wildman–Crippen MR) is 68.0 cm³/mol. The molecule has 4 unspecified atom stereocenters. The first-order chi connectivity index (χ1) is 9.15. The van der Waals surface area contributed by atoms with Crippen molar-refractivity contribution in [2.24, 2.45) is 23.5 Å². The number of aryl methyl sites for hydroxylation is 1. The summed E-state index contributed by atoms with van der Waals surface area (Å²) in [5, 5.41) is 6.76. The first-order valence-corrected chi connectivity index (χ1v) is 6.97. The highest BCUT2D eigenvalue weighted by atomic mass is 16.5. The maximum absolute atomic E-state index is 12.2. The van der Waals surface area contributed by atoms with Crippen LogP contribution in [0.1, 0.15) is 31.0 Å². The van der Waals surface area contributed by atoms with Crippen molar-refractivity contribution in [3.8, 4) is 0 Å². The molecule has 2 saturated carbocycles. The van der Waals surface area contributed by atoms with Gasteiger partial charge in [0.05, 0.1) is 5.92 Å². The normalized spacial score (nSPS) is 32.7. The van der Waals surface area contributed by atoms with Gasteiger partial charge in [0.25, 0.3) is 0 Å². The third-order valence-corrected chi connectivity index (χ3v) is 4.50. The first kappa shape index (κ1) is 12.6. The summed E-state index contributed by atoms with van der Waals surface area (Å²) in [5.41, 5.74) is 6.15. The molecule has 2 aliphatic rings. The minimum atomic E-state index is 0.00533. The van der Waals surface area contributed by atoms with Gasteiger partial charge in [-0.1, -0.05) is 5.16 Å². The van der Waals surface area contributed by atoms with E-state index in [9.17, 15) is 4.79 Å². The zero-order chi connectivity index (χ0) is 13.4. The van der Waals surface area contributed by atoms with Crippen LogP contribution in [0, 0.1) is 24.7 Å². The summed E-state index contributed by atoms with van der Waals surface area (Å²) in [4.78, 5) is 16.3. The molecule has 0 saturated heterocycles. The van der Waals surface area contributed by atoms with Gasteiger partial charge in [0, 0.05) is 25.9 Å². The van der Waals surface area contributed by atoms with E-state index < -0.39 is 0 Å². The molecule has 2 aliphatic carbocycles. The summed E-state index contributed by atoms with van der Waals surface area (Å²) in [5.74, 6) is 2.34. The molecule has 4 atom stereocenters. The van der Waals surface area contributed by atoms with Gasteiger partial charge in [-0.15, -0.1) is 0 Å². The van der Waals surface area contributed by atoms with E-state index in [-0.39, 0.29) is 17.9 Å². The zero-order valence-corrected chi connectivity index (χ0v) is 11.1. The van der Waals surface area contributed by atoms with Crippen LogP contribution in [0.2, 0.25) is 0 Å². The third kappa shape index (κ3) is 2.36. The Balaban J connectivity index is 1.49. The van der Waals surface area contributed by atoms with Crippen LogP contribution in [0.25, 0.3) is 0 Å². The van der Waals surface area contributed by atoms with Gasteiger partial charge in [0.2, 0.25) is 11.8 Å². The minimum Gasteiger partial charge on any atom is -0.355 e. The number of hydrogen-bond acceptors (Lipinski definition) is 5.